The summed E-state index contributed by atoms with van der Waals surface area (Å²) in [5.41, 5.74) is -0.829. The van der Waals surface area contributed by atoms with Crippen LogP contribution in [0.1, 0.15) is 34.1 Å². The van der Waals surface area contributed by atoms with Crippen LogP contribution < -0.4 is 10.6 Å². The van der Waals surface area contributed by atoms with Crippen molar-refractivity contribution < 1.29 is 27.2 Å². The number of carbonyl (C=O) groups excluding carboxylic acids is 2. The van der Waals surface area contributed by atoms with Crippen LogP contribution in [-0.2, 0) is 31.1 Å². The summed E-state index contributed by atoms with van der Waals surface area (Å²) in [5, 5.41) is 12.1. The minimum atomic E-state index is -4.69. The molecule has 0 aliphatic rings. The van der Waals surface area contributed by atoms with E-state index in [1.807, 2.05) is 0 Å². The van der Waals surface area contributed by atoms with Crippen LogP contribution in [0.4, 0.5) is 18.9 Å². The highest BCUT2D eigenvalue weighted by atomic mass is 35.5. The van der Waals surface area contributed by atoms with Gasteiger partial charge in [0.1, 0.15) is 11.5 Å². The number of anilines is 1. The summed E-state index contributed by atoms with van der Waals surface area (Å²) >= 11 is 5.70. The molecule has 0 aliphatic heterocycles. The molecule has 0 fully saturated rings. The highest BCUT2D eigenvalue weighted by Crippen LogP contribution is 2.35. The number of nitrogens with one attached hydrogen (secondary N) is 2. The monoisotopic (exact) mass is 458 g/mol. The zero-order valence-corrected chi connectivity index (χ0v) is 17.2. The molecule has 3 aromatic heterocycles. The molecule has 0 aromatic carbocycles. The largest absolute Gasteiger partial charge is 0.467 e. The molecule has 3 rings (SSSR count). The molecule has 0 saturated carbocycles. The van der Waals surface area contributed by atoms with E-state index in [9.17, 15) is 22.8 Å². The van der Waals surface area contributed by atoms with Gasteiger partial charge in [-0.25, -0.2) is 0 Å². The summed E-state index contributed by atoms with van der Waals surface area (Å²) in [5.74, 6) is -0.475. The Balaban J connectivity index is 1.63. The average molecular weight is 459 g/mol. The Labute approximate surface area is 179 Å². The van der Waals surface area contributed by atoms with Crippen molar-refractivity contribution in [3.63, 3.8) is 0 Å². The average Bonchev–Trinajstić information content (AvgIpc) is 3.40. The van der Waals surface area contributed by atoms with E-state index in [0.717, 1.165) is 4.68 Å². The van der Waals surface area contributed by atoms with Crippen LogP contribution in [0, 0.1) is 6.92 Å². The van der Waals surface area contributed by atoms with E-state index in [-0.39, 0.29) is 36.6 Å². The number of furan rings is 1. The van der Waals surface area contributed by atoms with Crippen molar-refractivity contribution in [2.45, 2.75) is 32.6 Å². The third-order valence-electron chi connectivity index (χ3n) is 4.38. The van der Waals surface area contributed by atoms with Gasteiger partial charge >= 0.3 is 6.18 Å². The van der Waals surface area contributed by atoms with Crippen molar-refractivity contribution in [2.75, 3.05) is 5.32 Å². The summed E-state index contributed by atoms with van der Waals surface area (Å²) in [6, 6.07) is 3.38. The van der Waals surface area contributed by atoms with Crippen LogP contribution in [0.5, 0.6) is 0 Å². The van der Waals surface area contributed by atoms with Crippen LogP contribution in [0.15, 0.2) is 29.0 Å². The van der Waals surface area contributed by atoms with Crippen molar-refractivity contribution in [3.8, 4) is 0 Å². The van der Waals surface area contributed by atoms with Crippen molar-refractivity contribution >= 4 is 29.1 Å². The maximum atomic E-state index is 12.9. The number of halogens is 4. The Bertz CT molecular complexity index is 1090. The number of rotatable bonds is 7. The van der Waals surface area contributed by atoms with Gasteiger partial charge in [0.15, 0.2) is 5.69 Å². The number of hydrogen-bond donors (Lipinski definition) is 2. The standard InChI is InChI=1S/C18H18ClF3N6O3/c1-10-14(19)16(18(20,21)22)26-28(10)6-5-13(29)25-12-9-24-27(2)15(12)17(30)23-8-11-4-3-7-31-11/h3-4,7,9H,5-6,8H2,1-2H3,(H,23,30)(H,25,29). The topological polar surface area (TPSA) is 107 Å². The molecule has 166 valence electrons. The predicted molar refractivity (Wildman–Crippen MR) is 103 cm³/mol. The molecule has 0 saturated heterocycles. The van der Waals surface area contributed by atoms with Gasteiger partial charge in [-0.2, -0.15) is 23.4 Å². The second-order valence-corrected chi connectivity index (χ2v) is 6.94. The van der Waals surface area contributed by atoms with Crippen molar-refractivity contribution in [1.29, 1.82) is 0 Å². The van der Waals surface area contributed by atoms with E-state index in [1.165, 1.54) is 31.1 Å². The van der Waals surface area contributed by atoms with Crippen molar-refractivity contribution in [1.82, 2.24) is 24.9 Å². The summed E-state index contributed by atoms with van der Waals surface area (Å²) in [6.45, 7) is 1.39. The van der Waals surface area contributed by atoms with Gasteiger partial charge < -0.3 is 15.1 Å². The molecule has 9 nitrogen and oxygen atoms in total. The number of amides is 2. The fourth-order valence-corrected chi connectivity index (χ4v) is 3.05. The molecule has 2 N–H and O–H groups in total. The van der Waals surface area contributed by atoms with E-state index in [1.54, 1.807) is 12.1 Å². The third-order valence-corrected chi connectivity index (χ3v) is 4.84. The van der Waals surface area contributed by atoms with Gasteiger partial charge in [-0.3, -0.25) is 19.0 Å². The SMILES string of the molecule is Cc1c(Cl)c(C(F)(F)F)nn1CCC(=O)Nc1cnn(C)c1C(=O)NCc1ccco1. The van der Waals surface area contributed by atoms with Crippen LogP contribution in [-0.4, -0.2) is 31.4 Å². The first-order valence-corrected chi connectivity index (χ1v) is 9.38. The summed E-state index contributed by atoms with van der Waals surface area (Å²) in [7, 11) is 1.53. The lowest BCUT2D eigenvalue weighted by atomic mass is 10.3. The Morgan fingerprint density at radius 2 is 2.06 bits per heavy atom. The smallest absolute Gasteiger partial charge is 0.436 e. The highest BCUT2D eigenvalue weighted by molar-refractivity contribution is 6.31. The second kappa shape index (κ2) is 8.84. The number of aromatic nitrogens is 4. The molecular formula is C18H18ClF3N6O3. The van der Waals surface area contributed by atoms with E-state index in [2.05, 4.69) is 20.8 Å². The minimum Gasteiger partial charge on any atom is -0.467 e. The predicted octanol–water partition coefficient (Wildman–Crippen LogP) is 3.15. The summed E-state index contributed by atoms with van der Waals surface area (Å²) in [6.07, 6.45) is -2.11. The lowest BCUT2D eigenvalue weighted by Crippen LogP contribution is -2.26. The molecule has 0 radical (unpaired) electrons. The molecule has 2 amide bonds. The lowest BCUT2D eigenvalue weighted by molar-refractivity contribution is -0.141. The first-order chi connectivity index (χ1) is 14.6. The summed E-state index contributed by atoms with van der Waals surface area (Å²) < 4.78 is 46.2. The molecule has 3 heterocycles. The van der Waals surface area contributed by atoms with E-state index in [0.29, 0.717) is 5.76 Å². The number of aryl methyl sites for hydroxylation is 2. The first kappa shape index (κ1) is 22.4. The fourth-order valence-electron chi connectivity index (χ4n) is 2.81. The van der Waals surface area contributed by atoms with Crippen molar-refractivity contribution in [2.24, 2.45) is 7.05 Å². The van der Waals surface area contributed by atoms with Crippen LogP contribution in [0.2, 0.25) is 5.02 Å². The van der Waals surface area contributed by atoms with Gasteiger partial charge in [0, 0.05) is 13.5 Å². The van der Waals surface area contributed by atoms with Gasteiger partial charge in [-0.05, 0) is 19.1 Å². The first-order valence-electron chi connectivity index (χ1n) is 9.00. The molecule has 3 aromatic rings. The van der Waals surface area contributed by atoms with E-state index >= 15 is 0 Å². The van der Waals surface area contributed by atoms with Gasteiger partial charge in [-0.1, -0.05) is 11.6 Å². The Hall–Kier alpha value is -3.28. The molecule has 13 heteroatoms. The lowest BCUT2D eigenvalue weighted by Gasteiger charge is -2.09. The fraction of sp³-hybridized carbons (Fsp3) is 0.333. The molecule has 0 atom stereocenters. The Morgan fingerprint density at radius 3 is 2.68 bits per heavy atom. The van der Waals surface area contributed by atoms with Crippen LogP contribution in [0.25, 0.3) is 0 Å². The van der Waals surface area contributed by atoms with Crippen molar-refractivity contribution in [3.05, 3.63) is 52.5 Å². The maximum absolute atomic E-state index is 12.9. The van der Waals surface area contributed by atoms with Crippen LogP contribution >= 0.6 is 11.6 Å². The van der Waals surface area contributed by atoms with Gasteiger partial charge in [0.05, 0.1) is 42.0 Å². The van der Waals surface area contributed by atoms with Gasteiger partial charge in [-0.15, -0.1) is 0 Å². The van der Waals surface area contributed by atoms with Gasteiger partial charge in [0.25, 0.3) is 5.91 Å². The second-order valence-electron chi connectivity index (χ2n) is 6.56. The molecular weight excluding hydrogens is 441 g/mol. The molecule has 31 heavy (non-hydrogen) atoms. The maximum Gasteiger partial charge on any atom is 0.436 e. The zero-order valence-electron chi connectivity index (χ0n) is 16.5. The number of nitrogens with zero attached hydrogens (tertiary/aromatic N) is 4. The molecule has 0 unspecified atom stereocenters. The Morgan fingerprint density at radius 1 is 1.32 bits per heavy atom. The molecule has 0 aliphatic carbocycles. The highest BCUT2D eigenvalue weighted by Gasteiger charge is 2.38. The Kier molecular flexibility index (Phi) is 6.39. The zero-order chi connectivity index (χ0) is 22.8. The van der Waals surface area contributed by atoms with E-state index in [4.69, 9.17) is 16.0 Å². The minimum absolute atomic E-state index is 0.0983. The number of hydrogen-bond acceptors (Lipinski definition) is 5. The normalized spacial score (nSPS) is 11.5. The summed E-state index contributed by atoms with van der Waals surface area (Å²) in [4.78, 5) is 24.8. The number of alkyl halides is 3. The quantitative estimate of drug-likeness (QED) is 0.565. The van der Waals surface area contributed by atoms with E-state index < -0.39 is 28.7 Å². The molecule has 0 bridgehead atoms. The third kappa shape index (κ3) is 5.08. The number of carbonyl (C=O) groups is 2. The van der Waals surface area contributed by atoms with Crippen LogP contribution in [0.3, 0.4) is 0 Å². The van der Waals surface area contributed by atoms with Gasteiger partial charge in [0.2, 0.25) is 5.91 Å². The molecule has 0 spiro atoms.